The van der Waals surface area contributed by atoms with Crippen molar-refractivity contribution in [2.75, 3.05) is 7.11 Å². The van der Waals surface area contributed by atoms with Crippen LogP contribution in [0.4, 0.5) is 0 Å². The third-order valence-corrected chi connectivity index (χ3v) is 2.86. The predicted octanol–water partition coefficient (Wildman–Crippen LogP) is 3.53. The van der Waals surface area contributed by atoms with E-state index < -0.39 is 0 Å². The molecule has 0 saturated carbocycles. The lowest BCUT2D eigenvalue weighted by Crippen LogP contribution is -2.28. The van der Waals surface area contributed by atoms with Gasteiger partial charge in [0.25, 0.3) is 0 Å². The summed E-state index contributed by atoms with van der Waals surface area (Å²) in [6.45, 7) is 6.63. The van der Waals surface area contributed by atoms with Crippen molar-refractivity contribution in [3.8, 4) is 5.75 Å². The average molecular weight is 221 g/mol. The number of methoxy groups -OCH3 is 1. The third kappa shape index (κ3) is 3.53. The molecule has 2 atom stereocenters. The maximum absolute atomic E-state index is 5.37. The molecule has 0 bridgehead atoms. The van der Waals surface area contributed by atoms with E-state index in [1.54, 1.807) is 7.11 Å². The maximum Gasteiger partial charge on any atom is 0.123 e. The standard InChI is InChI=1S/C14H23NO/c1-5-8-11(2)15-12(3)13-9-6-7-10-14(13)16-4/h6-7,9-12,15H,5,8H2,1-4H3/t11?,12-/m0/s1. The number of rotatable bonds is 6. The SMILES string of the molecule is CCCC(C)N[C@@H](C)c1ccccc1OC. The summed E-state index contributed by atoms with van der Waals surface area (Å²) in [5.41, 5.74) is 1.23. The van der Waals surface area contributed by atoms with Crippen LogP contribution in [0.15, 0.2) is 24.3 Å². The molecular formula is C14H23NO. The van der Waals surface area contributed by atoms with Gasteiger partial charge in [0.05, 0.1) is 7.11 Å². The van der Waals surface area contributed by atoms with Crippen molar-refractivity contribution in [2.24, 2.45) is 0 Å². The van der Waals surface area contributed by atoms with E-state index in [9.17, 15) is 0 Å². The van der Waals surface area contributed by atoms with E-state index >= 15 is 0 Å². The first-order chi connectivity index (χ1) is 7.69. The van der Waals surface area contributed by atoms with Gasteiger partial charge in [-0.25, -0.2) is 0 Å². The summed E-state index contributed by atoms with van der Waals surface area (Å²) in [6.07, 6.45) is 2.42. The molecule has 0 heterocycles. The lowest BCUT2D eigenvalue weighted by molar-refractivity contribution is 0.392. The van der Waals surface area contributed by atoms with Crippen LogP contribution < -0.4 is 10.1 Å². The largest absolute Gasteiger partial charge is 0.496 e. The summed E-state index contributed by atoms with van der Waals surface area (Å²) < 4.78 is 5.37. The molecule has 16 heavy (non-hydrogen) atoms. The van der Waals surface area contributed by atoms with Crippen molar-refractivity contribution in [1.29, 1.82) is 0 Å². The second kappa shape index (κ2) is 6.54. The minimum absolute atomic E-state index is 0.331. The lowest BCUT2D eigenvalue weighted by atomic mass is 10.1. The van der Waals surface area contributed by atoms with Gasteiger partial charge in [0.15, 0.2) is 0 Å². The number of nitrogens with one attached hydrogen (secondary N) is 1. The highest BCUT2D eigenvalue weighted by Gasteiger charge is 2.12. The molecule has 1 N–H and O–H groups in total. The first-order valence-corrected chi connectivity index (χ1v) is 6.08. The zero-order valence-corrected chi connectivity index (χ0v) is 10.8. The Morgan fingerprint density at radius 3 is 2.56 bits per heavy atom. The fraction of sp³-hybridized carbons (Fsp3) is 0.571. The second-order valence-corrected chi connectivity index (χ2v) is 4.32. The molecule has 0 spiro atoms. The van der Waals surface area contributed by atoms with Gasteiger partial charge in [0.1, 0.15) is 5.75 Å². The van der Waals surface area contributed by atoms with Crippen LogP contribution in [-0.4, -0.2) is 13.2 Å². The minimum Gasteiger partial charge on any atom is -0.496 e. The van der Waals surface area contributed by atoms with E-state index in [1.165, 1.54) is 18.4 Å². The topological polar surface area (TPSA) is 21.3 Å². The van der Waals surface area contributed by atoms with Crippen molar-refractivity contribution in [1.82, 2.24) is 5.32 Å². The molecule has 0 aliphatic carbocycles. The van der Waals surface area contributed by atoms with E-state index in [-0.39, 0.29) is 0 Å². The van der Waals surface area contributed by atoms with E-state index in [1.807, 2.05) is 12.1 Å². The number of hydrogen-bond acceptors (Lipinski definition) is 2. The van der Waals surface area contributed by atoms with Gasteiger partial charge in [-0.3, -0.25) is 0 Å². The van der Waals surface area contributed by atoms with E-state index in [0.29, 0.717) is 12.1 Å². The Balaban J connectivity index is 2.68. The van der Waals surface area contributed by atoms with Crippen LogP contribution in [0.5, 0.6) is 5.75 Å². The van der Waals surface area contributed by atoms with E-state index in [0.717, 1.165) is 5.75 Å². The molecule has 1 aromatic carbocycles. The lowest BCUT2D eigenvalue weighted by Gasteiger charge is -2.21. The normalized spacial score (nSPS) is 14.5. The summed E-state index contributed by atoms with van der Waals surface area (Å²) in [7, 11) is 1.72. The molecule has 0 saturated heterocycles. The Morgan fingerprint density at radius 2 is 1.94 bits per heavy atom. The minimum atomic E-state index is 0.331. The highest BCUT2D eigenvalue weighted by Crippen LogP contribution is 2.24. The molecule has 1 aromatic rings. The third-order valence-electron chi connectivity index (χ3n) is 2.86. The number of para-hydroxylation sites is 1. The van der Waals surface area contributed by atoms with Crippen molar-refractivity contribution < 1.29 is 4.74 Å². The van der Waals surface area contributed by atoms with Gasteiger partial charge in [0.2, 0.25) is 0 Å². The van der Waals surface area contributed by atoms with Crippen molar-refractivity contribution in [3.05, 3.63) is 29.8 Å². The molecule has 1 unspecified atom stereocenters. The Morgan fingerprint density at radius 1 is 1.25 bits per heavy atom. The highest BCUT2D eigenvalue weighted by molar-refractivity contribution is 5.35. The summed E-state index contributed by atoms with van der Waals surface area (Å²) in [5.74, 6) is 0.964. The summed E-state index contributed by atoms with van der Waals surface area (Å²) in [4.78, 5) is 0. The van der Waals surface area contributed by atoms with Crippen LogP contribution in [-0.2, 0) is 0 Å². The van der Waals surface area contributed by atoms with Gasteiger partial charge in [-0.05, 0) is 26.3 Å². The monoisotopic (exact) mass is 221 g/mol. The van der Waals surface area contributed by atoms with Gasteiger partial charge in [0, 0.05) is 17.6 Å². The van der Waals surface area contributed by atoms with Crippen molar-refractivity contribution in [2.45, 2.75) is 45.7 Å². The molecule has 0 aliphatic rings. The second-order valence-electron chi connectivity index (χ2n) is 4.32. The van der Waals surface area contributed by atoms with Gasteiger partial charge >= 0.3 is 0 Å². The van der Waals surface area contributed by atoms with E-state index in [4.69, 9.17) is 4.74 Å². The summed E-state index contributed by atoms with van der Waals surface area (Å²) in [6, 6.07) is 9.07. The molecular weight excluding hydrogens is 198 g/mol. The van der Waals surface area contributed by atoms with Crippen LogP contribution in [0.1, 0.15) is 45.2 Å². The van der Waals surface area contributed by atoms with Gasteiger partial charge in [-0.2, -0.15) is 0 Å². The Bertz CT molecular complexity index is 311. The molecule has 0 fully saturated rings. The zero-order chi connectivity index (χ0) is 12.0. The highest BCUT2D eigenvalue weighted by atomic mass is 16.5. The van der Waals surface area contributed by atoms with Gasteiger partial charge in [-0.15, -0.1) is 0 Å². The fourth-order valence-electron chi connectivity index (χ4n) is 2.06. The first kappa shape index (κ1) is 13.0. The van der Waals surface area contributed by atoms with Crippen LogP contribution in [0, 0.1) is 0 Å². The predicted molar refractivity (Wildman–Crippen MR) is 68.9 cm³/mol. The van der Waals surface area contributed by atoms with Crippen LogP contribution >= 0.6 is 0 Å². The zero-order valence-electron chi connectivity index (χ0n) is 10.8. The first-order valence-electron chi connectivity index (χ1n) is 6.08. The summed E-state index contributed by atoms with van der Waals surface area (Å²) in [5, 5.41) is 3.59. The van der Waals surface area contributed by atoms with E-state index in [2.05, 4.69) is 38.2 Å². The van der Waals surface area contributed by atoms with Gasteiger partial charge in [-0.1, -0.05) is 31.5 Å². The molecule has 1 rings (SSSR count). The fourth-order valence-corrected chi connectivity index (χ4v) is 2.06. The van der Waals surface area contributed by atoms with Crippen molar-refractivity contribution in [3.63, 3.8) is 0 Å². The molecule has 2 nitrogen and oxygen atoms in total. The number of benzene rings is 1. The molecule has 0 amide bonds. The van der Waals surface area contributed by atoms with Crippen LogP contribution in [0.3, 0.4) is 0 Å². The number of hydrogen-bond donors (Lipinski definition) is 1. The summed E-state index contributed by atoms with van der Waals surface area (Å²) >= 11 is 0. The molecule has 0 radical (unpaired) electrons. The van der Waals surface area contributed by atoms with Gasteiger partial charge < -0.3 is 10.1 Å². The van der Waals surface area contributed by atoms with Crippen LogP contribution in [0.2, 0.25) is 0 Å². The quantitative estimate of drug-likeness (QED) is 0.793. The average Bonchev–Trinajstić information content (AvgIpc) is 2.29. The van der Waals surface area contributed by atoms with Crippen molar-refractivity contribution >= 4 is 0 Å². The molecule has 0 aromatic heterocycles. The van der Waals surface area contributed by atoms with Crippen LogP contribution in [0.25, 0.3) is 0 Å². The smallest absolute Gasteiger partial charge is 0.123 e. The maximum atomic E-state index is 5.37. The Hall–Kier alpha value is -1.02. The Labute approximate surface area is 99.0 Å². The number of ether oxygens (including phenoxy) is 1. The molecule has 90 valence electrons. The Kier molecular flexibility index (Phi) is 5.33. The molecule has 0 aliphatic heterocycles. The molecule has 2 heteroatoms.